The highest BCUT2D eigenvalue weighted by Gasteiger charge is 2.67. The van der Waals surface area contributed by atoms with E-state index < -0.39 is 40.9 Å². The summed E-state index contributed by atoms with van der Waals surface area (Å²) in [5.41, 5.74) is -2.02. The van der Waals surface area contributed by atoms with Gasteiger partial charge in [0, 0.05) is 23.7 Å². The Morgan fingerprint density at radius 2 is 2.00 bits per heavy atom. The van der Waals surface area contributed by atoms with Crippen molar-refractivity contribution >= 4 is 17.5 Å². The lowest BCUT2D eigenvalue weighted by Gasteiger charge is -2.57. The molecule has 0 radical (unpaired) electrons. The third kappa shape index (κ3) is 2.72. The lowest BCUT2D eigenvalue weighted by molar-refractivity contribution is -0.175. The van der Waals surface area contributed by atoms with Crippen LogP contribution in [0.25, 0.3) is 0 Å². The molecule has 0 aromatic rings. The minimum atomic E-state index is -1.64. The third-order valence-corrected chi connectivity index (χ3v) is 8.08. The van der Waals surface area contributed by atoms with E-state index in [0.717, 1.165) is 5.57 Å². The van der Waals surface area contributed by atoms with Crippen molar-refractivity contribution in [3.8, 4) is 0 Å². The predicted octanol–water partition coefficient (Wildman–Crippen LogP) is 1.90. The summed E-state index contributed by atoms with van der Waals surface area (Å²) in [4.78, 5) is 35.8. The van der Waals surface area contributed by atoms with E-state index in [1.807, 2.05) is 32.1 Å². The van der Waals surface area contributed by atoms with Crippen molar-refractivity contribution in [2.24, 2.45) is 28.6 Å². The Morgan fingerprint density at radius 1 is 1.28 bits per heavy atom. The molecule has 0 bridgehead atoms. The minimum absolute atomic E-state index is 0.00262. The Morgan fingerprint density at radius 3 is 2.69 bits per heavy atom. The van der Waals surface area contributed by atoms with Crippen LogP contribution in [0.1, 0.15) is 40.0 Å². The molecule has 0 aromatic carbocycles. The van der Waals surface area contributed by atoms with Gasteiger partial charge < -0.3 is 14.9 Å². The van der Waals surface area contributed by atoms with E-state index >= 15 is 0 Å². The number of aliphatic hydroxyl groups is 2. The maximum atomic E-state index is 12.8. The average molecular weight is 400 g/mol. The molecule has 0 aromatic heterocycles. The summed E-state index contributed by atoms with van der Waals surface area (Å²) in [7, 11) is 0. The first-order chi connectivity index (χ1) is 13.5. The molecule has 0 aliphatic heterocycles. The number of hydrogen-bond acceptors (Lipinski definition) is 6. The van der Waals surface area contributed by atoms with Crippen molar-refractivity contribution in [2.45, 2.75) is 51.7 Å². The van der Waals surface area contributed by atoms with Gasteiger partial charge in [0.15, 0.2) is 12.4 Å². The van der Waals surface area contributed by atoms with Crippen molar-refractivity contribution in [1.82, 2.24) is 0 Å². The fourth-order valence-electron chi connectivity index (χ4n) is 6.53. The Bertz CT molecular complexity index is 869. The van der Waals surface area contributed by atoms with Crippen molar-refractivity contribution < 1.29 is 29.3 Å². The standard InChI is InChI=1S/C23H28O6/c1-13(24)29-12-19(27)23(28)9-7-17-16-5-4-14-10-15(25)6-8-21(14,2)20(16)18(26)11-22(17,23)3/h4-6,8,10,16-18,20,26,28H,7,9,11-12H2,1-3H3/t16-,17-,18+,20+,21+,22-,23-/m1/s1. The number of carbonyl (C=O) groups is 3. The predicted molar refractivity (Wildman–Crippen MR) is 105 cm³/mol. The van der Waals surface area contributed by atoms with Crippen LogP contribution in [0, 0.1) is 28.6 Å². The Hall–Kier alpha value is -2.05. The van der Waals surface area contributed by atoms with Crippen LogP contribution >= 0.6 is 0 Å². The van der Waals surface area contributed by atoms with Crippen LogP contribution in [0.4, 0.5) is 0 Å². The molecular weight excluding hydrogens is 372 g/mol. The normalized spacial score (nSPS) is 45.1. The van der Waals surface area contributed by atoms with Crippen LogP contribution in [0.15, 0.2) is 36.0 Å². The van der Waals surface area contributed by atoms with Crippen molar-refractivity contribution in [1.29, 1.82) is 0 Å². The van der Waals surface area contributed by atoms with Crippen molar-refractivity contribution in [3.05, 3.63) is 36.0 Å². The number of ether oxygens (including phenoxy) is 1. The molecule has 0 saturated heterocycles. The highest BCUT2D eigenvalue weighted by Crippen LogP contribution is 2.65. The molecule has 0 spiro atoms. The maximum absolute atomic E-state index is 12.8. The summed E-state index contributed by atoms with van der Waals surface area (Å²) in [5, 5.41) is 22.7. The zero-order valence-electron chi connectivity index (χ0n) is 17.1. The number of ketones is 2. The van der Waals surface area contributed by atoms with Crippen LogP contribution in [0.3, 0.4) is 0 Å². The Balaban J connectivity index is 1.70. The van der Waals surface area contributed by atoms with Gasteiger partial charge in [0.05, 0.1) is 6.10 Å². The number of carbonyl (C=O) groups excluding carboxylic acids is 3. The van der Waals surface area contributed by atoms with Gasteiger partial charge in [-0.2, -0.15) is 0 Å². The lowest BCUT2D eigenvalue weighted by Crippen LogP contribution is -2.61. The van der Waals surface area contributed by atoms with E-state index in [0.29, 0.717) is 6.42 Å². The van der Waals surface area contributed by atoms with E-state index in [1.165, 1.54) is 6.92 Å². The van der Waals surface area contributed by atoms with Gasteiger partial charge in [-0.1, -0.05) is 32.1 Å². The molecule has 2 saturated carbocycles. The van der Waals surface area contributed by atoms with Crippen LogP contribution in [0.5, 0.6) is 0 Å². The fraction of sp³-hybridized carbons (Fsp3) is 0.609. The van der Waals surface area contributed by atoms with Gasteiger partial charge in [0.1, 0.15) is 5.60 Å². The first kappa shape index (κ1) is 20.2. The van der Waals surface area contributed by atoms with Crippen molar-refractivity contribution in [3.63, 3.8) is 0 Å². The first-order valence-corrected chi connectivity index (χ1v) is 10.2. The lowest BCUT2D eigenvalue weighted by atomic mass is 9.48. The smallest absolute Gasteiger partial charge is 0.303 e. The van der Waals surface area contributed by atoms with Gasteiger partial charge in [0.2, 0.25) is 5.78 Å². The van der Waals surface area contributed by atoms with E-state index in [1.54, 1.807) is 12.2 Å². The molecule has 29 heavy (non-hydrogen) atoms. The highest BCUT2D eigenvalue weighted by atomic mass is 16.5. The molecule has 6 nitrogen and oxygen atoms in total. The summed E-state index contributed by atoms with van der Waals surface area (Å²) < 4.78 is 4.86. The Labute approximate surface area is 170 Å². The second-order valence-corrected chi connectivity index (χ2v) is 9.48. The summed E-state index contributed by atoms with van der Waals surface area (Å²) in [6.45, 7) is 4.69. The fourth-order valence-corrected chi connectivity index (χ4v) is 6.53. The number of esters is 1. The van der Waals surface area contributed by atoms with E-state index in [2.05, 4.69) is 0 Å². The molecule has 156 valence electrons. The summed E-state index contributed by atoms with van der Waals surface area (Å²) in [5.74, 6) is -1.28. The van der Waals surface area contributed by atoms with Crippen LogP contribution < -0.4 is 0 Å². The maximum Gasteiger partial charge on any atom is 0.303 e. The van der Waals surface area contributed by atoms with Crippen LogP contribution in [-0.2, 0) is 19.1 Å². The van der Waals surface area contributed by atoms with Gasteiger partial charge in [-0.25, -0.2) is 0 Å². The molecule has 0 heterocycles. The zero-order chi connectivity index (χ0) is 21.2. The molecule has 4 rings (SSSR count). The molecule has 2 fully saturated rings. The largest absolute Gasteiger partial charge is 0.458 e. The molecule has 0 unspecified atom stereocenters. The second kappa shape index (κ2) is 6.47. The third-order valence-electron chi connectivity index (χ3n) is 8.08. The number of rotatable bonds is 3. The van der Waals surface area contributed by atoms with Gasteiger partial charge >= 0.3 is 5.97 Å². The Kier molecular flexibility index (Phi) is 4.52. The number of Topliss-reactive ketones (excluding diaryl/α,β-unsaturated/α-hetero) is 1. The molecule has 6 heteroatoms. The van der Waals surface area contributed by atoms with Gasteiger partial charge in [0.25, 0.3) is 0 Å². The van der Waals surface area contributed by atoms with Crippen LogP contribution in [-0.4, -0.2) is 46.1 Å². The average Bonchev–Trinajstić information content (AvgIpc) is 2.91. The summed E-state index contributed by atoms with van der Waals surface area (Å²) in [6.07, 6.45) is 9.54. The SMILES string of the molecule is CC(=O)OCC(=O)[C@]1(O)CC[C@@H]2[C@H]3C=CC4=CC(=O)C=C[C@]4(C)[C@@H]3[C@@H](O)C[C@]21C. The van der Waals surface area contributed by atoms with Gasteiger partial charge in [-0.05, 0) is 48.8 Å². The number of allylic oxidation sites excluding steroid dienone is 6. The molecule has 4 aliphatic carbocycles. The van der Waals surface area contributed by atoms with Gasteiger partial charge in [-0.3, -0.25) is 14.4 Å². The minimum Gasteiger partial charge on any atom is -0.458 e. The van der Waals surface area contributed by atoms with Crippen molar-refractivity contribution in [2.75, 3.05) is 6.61 Å². The number of fused-ring (bicyclic) bond motifs is 5. The second-order valence-electron chi connectivity index (χ2n) is 9.48. The molecular formula is C23H28O6. The molecule has 4 aliphatic rings. The monoisotopic (exact) mass is 400 g/mol. The molecule has 7 atom stereocenters. The summed E-state index contributed by atoms with van der Waals surface area (Å²) in [6, 6.07) is 0. The van der Waals surface area contributed by atoms with E-state index in [4.69, 9.17) is 4.74 Å². The molecule has 0 amide bonds. The topological polar surface area (TPSA) is 101 Å². The van der Waals surface area contributed by atoms with Crippen LogP contribution in [0.2, 0.25) is 0 Å². The van der Waals surface area contributed by atoms with E-state index in [9.17, 15) is 24.6 Å². The first-order valence-electron chi connectivity index (χ1n) is 10.2. The number of hydrogen-bond donors (Lipinski definition) is 2. The van der Waals surface area contributed by atoms with E-state index in [-0.39, 0.29) is 36.4 Å². The molecule has 2 N–H and O–H groups in total. The summed E-state index contributed by atoms with van der Waals surface area (Å²) >= 11 is 0. The zero-order valence-corrected chi connectivity index (χ0v) is 17.1. The quantitative estimate of drug-likeness (QED) is 0.702. The van der Waals surface area contributed by atoms with Gasteiger partial charge in [-0.15, -0.1) is 0 Å². The number of aliphatic hydroxyl groups excluding tert-OH is 1. The highest BCUT2D eigenvalue weighted by molar-refractivity contribution is 6.01.